The summed E-state index contributed by atoms with van der Waals surface area (Å²) in [5, 5.41) is 10.3. The summed E-state index contributed by atoms with van der Waals surface area (Å²) in [6.07, 6.45) is 12.7. The molecule has 1 aliphatic heterocycles. The van der Waals surface area contributed by atoms with E-state index in [9.17, 15) is 5.11 Å². The summed E-state index contributed by atoms with van der Waals surface area (Å²) in [6.45, 7) is 3.52. The number of aliphatic hydroxyl groups excluding tert-OH is 1. The van der Waals surface area contributed by atoms with Crippen molar-refractivity contribution in [1.82, 2.24) is 4.90 Å². The van der Waals surface area contributed by atoms with Crippen LogP contribution in [0.3, 0.4) is 0 Å². The lowest BCUT2D eigenvalue weighted by molar-refractivity contribution is 0.00152. The van der Waals surface area contributed by atoms with Crippen LogP contribution in [-0.2, 0) is 0 Å². The maximum absolute atomic E-state index is 10.3. The van der Waals surface area contributed by atoms with Gasteiger partial charge < -0.3 is 5.11 Å². The van der Waals surface area contributed by atoms with Crippen molar-refractivity contribution in [2.45, 2.75) is 89.3 Å². The van der Waals surface area contributed by atoms with Crippen LogP contribution in [-0.4, -0.2) is 34.7 Å². The zero-order chi connectivity index (χ0) is 12.1. The van der Waals surface area contributed by atoms with Crippen LogP contribution in [0.1, 0.15) is 71.1 Å². The van der Waals surface area contributed by atoms with Gasteiger partial charge in [-0.05, 0) is 38.6 Å². The second-order valence-corrected chi connectivity index (χ2v) is 5.95. The van der Waals surface area contributed by atoms with E-state index in [1.807, 2.05) is 0 Å². The summed E-state index contributed by atoms with van der Waals surface area (Å²) in [5.41, 5.74) is 0. The number of hydrogen-bond acceptors (Lipinski definition) is 2. The van der Waals surface area contributed by atoms with Crippen LogP contribution in [0.15, 0.2) is 0 Å². The molecule has 1 saturated carbocycles. The highest BCUT2D eigenvalue weighted by molar-refractivity contribution is 4.88. The largest absolute Gasteiger partial charge is 0.391 e. The molecule has 0 amide bonds. The first-order chi connectivity index (χ1) is 8.33. The number of likely N-dealkylation sites (tertiary alicyclic amines) is 1. The van der Waals surface area contributed by atoms with Crippen molar-refractivity contribution in [3.8, 4) is 0 Å². The molecular weight excluding hydrogens is 210 g/mol. The molecule has 1 N–H and O–H groups in total. The Hall–Kier alpha value is -0.0800. The van der Waals surface area contributed by atoms with Crippen molar-refractivity contribution in [2.24, 2.45) is 0 Å². The summed E-state index contributed by atoms with van der Waals surface area (Å²) in [7, 11) is 0. The van der Waals surface area contributed by atoms with Gasteiger partial charge in [-0.25, -0.2) is 0 Å². The molecule has 2 heteroatoms. The minimum atomic E-state index is -0.0602. The Morgan fingerprint density at radius 3 is 2.59 bits per heavy atom. The van der Waals surface area contributed by atoms with Crippen molar-refractivity contribution in [2.75, 3.05) is 6.54 Å². The van der Waals surface area contributed by atoms with Gasteiger partial charge in [-0.2, -0.15) is 0 Å². The lowest BCUT2D eigenvalue weighted by Gasteiger charge is -2.43. The molecule has 0 aromatic carbocycles. The van der Waals surface area contributed by atoms with Crippen LogP contribution < -0.4 is 0 Å². The normalized spacial score (nSPS) is 36.7. The fraction of sp³-hybridized carbons (Fsp3) is 1.00. The van der Waals surface area contributed by atoms with E-state index in [-0.39, 0.29) is 6.10 Å². The minimum Gasteiger partial charge on any atom is -0.391 e. The topological polar surface area (TPSA) is 23.5 Å². The number of nitrogens with zero attached hydrogens (tertiary/aromatic N) is 1. The van der Waals surface area contributed by atoms with Gasteiger partial charge in [0.15, 0.2) is 0 Å². The fourth-order valence-corrected chi connectivity index (χ4v) is 3.76. The van der Waals surface area contributed by atoms with E-state index in [2.05, 4.69) is 11.8 Å². The SMILES string of the molecule is CCCC1CCCCN1C1CCCCCC1O. The number of rotatable bonds is 3. The standard InChI is InChI=1S/C15H29NO/c1-2-8-13-9-6-7-12-16(13)14-10-4-3-5-11-15(14)17/h13-15,17H,2-12H2,1H3. The van der Waals surface area contributed by atoms with Gasteiger partial charge in [-0.15, -0.1) is 0 Å². The zero-order valence-corrected chi connectivity index (χ0v) is 11.4. The van der Waals surface area contributed by atoms with Crippen molar-refractivity contribution >= 4 is 0 Å². The zero-order valence-electron chi connectivity index (χ0n) is 11.4. The van der Waals surface area contributed by atoms with Crippen molar-refractivity contribution in [1.29, 1.82) is 0 Å². The highest BCUT2D eigenvalue weighted by Gasteiger charge is 2.32. The van der Waals surface area contributed by atoms with Gasteiger partial charge in [-0.3, -0.25) is 4.90 Å². The van der Waals surface area contributed by atoms with Gasteiger partial charge in [0.05, 0.1) is 6.10 Å². The predicted molar refractivity (Wildman–Crippen MR) is 72.1 cm³/mol. The Bertz CT molecular complexity index is 217. The molecule has 3 atom stereocenters. The molecule has 17 heavy (non-hydrogen) atoms. The fourth-order valence-electron chi connectivity index (χ4n) is 3.76. The van der Waals surface area contributed by atoms with Crippen LogP contribution in [0, 0.1) is 0 Å². The average molecular weight is 239 g/mol. The van der Waals surface area contributed by atoms with E-state index in [1.54, 1.807) is 0 Å². The van der Waals surface area contributed by atoms with Crippen molar-refractivity contribution in [3.05, 3.63) is 0 Å². The van der Waals surface area contributed by atoms with Crippen molar-refractivity contribution < 1.29 is 5.11 Å². The van der Waals surface area contributed by atoms with E-state index >= 15 is 0 Å². The van der Waals surface area contributed by atoms with Gasteiger partial charge in [0, 0.05) is 12.1 Å². The molecule has 1 saturated heterocycles. The van der Waals surface area contributed by atoms with Crippen LogP contribution in [0.5, 0.6) is 0 Å². The molecule has 2 rings (SSSR count). The first-order valence-corrected chi connectivity index (χ1v) is 7.76. The van der Waals surface area contributed by atoms with Crippen LogP contribution in [0.4, 0.5) is 0 Å². The lowest BCUT2D eigenvalue weighted by Crippen LogP contribution is -2.50. The molecule has 100 valence electrons. The molecule has 0 radical (unpaired) electrons. The molecule has 0 aromatic heterocycles. The number of hydrogen-bond donors (Lipinski definition) is 1. The van der Waals surface area contributed by atoms with E-state index in [4.69, 9.17) is 0 Å². The highest BCUT2D eigenvalue weighted by atomic mass is 16.3. The molecule has 0 aromatic rings. The quantitative estimate of drug-likeness (QED) is 0.764. The molecule has 2 fully saturated rings. The maximum atomic E-state index is 10.3. The Labute approximate surface area is 106 Å². The number of piperidine rings is 1. The molecule has 2 aliphatic rings. The van der Waals surface area contributed by atoms with E-state index in [1.165, 1.54) is 64.3 Å². The summed E-state index contributed by atoms with van der Waals surface area (Å²) in [4.78, 5) is 2.67. The molecule has 3 unspecified atom stereocenters. The summed E-state index contributed by atoms with van der Waals surface area (Å²) < 4.78 is 0. The molecule has 1 aliphatic carbocycles. The van der Waals surface area contributed by atoms with Gasteiger partial charge in [0.1, 0.15) is 0 Å². The van der Waals surface area contributed by atoms with Gasteiger partial charge in [0.2, 0.25) is 0 Å². The molecule has 1 heterocycles. The highest BCUT2D eigenvalue weighted by Crippen LogP contribution is 2.29. The number of aliphatic hydroxyl groups is 1. The van der Waals surface area contributed by atoms with E-state index in [0.29, 0.717) is 6.04 Å². The van der Waals surface area contributed by atoms with Crippen LogP contribution >= 0.6 is 0 Å². The molecular formula is C15H29NO. The average Bonchev–Trinajstić information content (AvgIpc) is 2.55. The Morgan fingerprint density at radius 1 is 1.00 bits per heavy atom. The van der Waals surface area contributed by atoms with Gasteiger partial charge in [-0.1, -0.05) is 39.0 Å². The van der Waals surface area contributed by atoms with Gasteiger partial charge in [0.25, 0.3) is 0 Å². The first-order valence-electron chi connectivity index (χ1n) is 7.76. The third-order valence-electron chi connectivity index (χ3n) is 4.66. The van der Waals surface area contributed by atoms with Gasteiger partial charge >= 0.3 is 0 Å². The molecule has 2 nitrogen and oxygen atoms in total. The third-order valence-corrected chi connectivity index (χ3v) is 4.66. The summed E-state index contributed by atoms with van der Waals surface area (Å²) in [5.74, 6) is 0. The minimum absolute atomic E-state index is 0.0602. The lowest BCUT2D eigenvalue weighted by atomic mass is 9.93. The monoisotopic (exact) mass is 239 g/mol. The second kappa shape index (κ2) is 6.75. The van der Waals surface area contributed by atoms with Crippen LogP contribution in [0.2, 0.25) is 0 Å². The molecule has 0 bridgehead atoms. The summed E-state index contributed by atoms with van der Waals surface area (Å²) in [6, 6.07) is 1.22. The van der Waals surface area contributed by atoms with Crippen molar-refractivity contribution in [3.63, 3.8) is 0 Å². The second-order valence-electron chi connectivity index (χ2n) is 5.95. The Kier molecular flexibility index (Phi) is 5.30. The summed E-state index contributed by atoms with van der Waals surface area (Å²) >= 11 is 0. The van der Waals surface area contributed by atoms with Crippen LogP contribution in [0.25, 0.3) is 0 Å². The first kappa shape index (κ1) is 13.4. The Morgan fingerprint density at radius 2 is 1.76 bits per heavy atom. The molecule has 0 spiro atoms. The van der Waals surface area contributed by atoms with E-state index < -0.39 is 0 Å². The predicted octanol–water partition coefficient (Wildman–Crippen LogP) is 3.33. The third kappa shape index (κ3) is 3.45. The maximum Gasteiger partial charge on any atom is 0.0695 e. The Balaban J connectivity index is 2.00. The smallest absolute Gasteiger partial charge is 0.0695 e. The van der Waals surface area contributed by atoms with E-state index in [0.717, 1.165) is 12.5 Å².